The number of aryl methyl sites for hydroxylation is 2. The van der Waals surface area contributed by atoms with Crippen LogP contribution in [0.4, 0.5) is 0 Å². The molecule has 0 aliphatic heterocycles. The molecule has 0 saturated carbocycles. The second-order valence-electron chi connectivity index (χ2n) is 7.92. The maximum atomic E-state index is 13.2. The van der Waals surface area contributed by atoms with E-state index >= 15 is 0 Å². The number of oxazole rings is 1. The lowest BCUT2D eigenvalue weighted by molar-refractivity contribution is 0.297. The molecule has 4 aromatic heterocycles. The third-order valence-electron chi connectivity index (χ3n) is 5.08. The van der Waals surface area contributed by atoms with Gasteiger partial charge < -0.3 is 9.15 Å². The van der Waals surface area contributed by atoms with Crippen molar-refractivity contribution in [2.75, 3.05) is 0 Å². The molecule has 0 aliphatic rings. The minimum absolute atomic E-state index is 0.154. The smallest absolute Gasteiger partial charge is 0.261 e. The number of hydrogen-bond acceptors (Lipinski definition) is 7. The molecular weight excluding hydrogens is 406 g/mol. The van der Waals surface area contributed by atoms with E-state index < -0.39 is 0 Å². The Labute approximate surface area is 186 Å². The molecule has 0 bridgehead atoms. The zero-order valence-corrected chi connectivity index (χ0v) is 18.8. The van der Waals surface area contributed by atoms with Crippen LogP contribution in [0.3, 0.4) is 0 Å². The van der Waals surface area contributed by atoms with Gasteiger partial charge in [-0.15, -0.1) is 0 Å². The highest BCUT2D eigenvalue weighted by Crippen LogP contribution is 2.23. The van der Waals surface area contributed by atoms with Crippen molar-refractivity contribution in [1.82, 2.24) is 24.5 Å². The van der Waals surface area contributed by atoms with Crippen LogP contribution in [0.25, 0.3) is 17.1 Å². The molecule has 8 heteroatoms. The van der Waals surface area contributed by atoms with Crippen LogP contribution < -0.4 is 10.3 Å². The highest BCUT2D eigenvalue weighted by molar-refractivity contribution is 5.57. The lowest BCUT2D eigenvalue weighted by atomic mass is 10.2. The van der Waals surface area contributed by atoms with Crippen molar-refractivity contribution in [2.24, 2.45) is 0 Å². The molecule has 8 nitrogen and oxygen atoms in total. The summed E-state index contributed by atoms with van der Waals surface area (Å²) in [6.45, 7) is 9.71. The highest BCUT2D eigenvalue weighted by Gasteiger charge is 2.14. The standard InChI is InChI=1S/C24H25N5O3/c1-14(2)23-26-9-7-20(28-23)21-11-19(6-8-25-21)29-15(3)10-22(16(4)24(29)30)32-13-18-12-31-17(5)27-18/h6-12,14H,13H2,1-5H3. The third-order valence-corrected chi connectivity index (χ3v) is 5.08. The van der Waals surface area contributed by atoms with E-state index in [0.29, 0.717) is 34.3 Å². The van der Waals surface area contributed by atoms with E-state index in [0.717, 1.165) is 17.2 Å². The molecule has 0 aromatic carbocycles. The van der Waals surface area contributed by atoms with Gasteiger partial charge in [0.05, 0.1) is 22.6 Å². The lowest BCUT2D eigenvalue weighted by Gasteiger charge is -2.15. The fourth-order valence-corrected chi connectivity index (χ4v) is 3.39. The SMILES string of the molecule is Cc1nc(COc2cc(C)n(-c3ccnc(-c4ccnc(C(C)C)n4)c3)c(=O)c2C)co1. The quantitative estimate of drug-likeness (QED) is 0.449. The summed E-state index contributed by atoms with van der Waals surface area (Å²) < 4.78 is 12.7. The number of pyridine rings is 2. The van der Waals surface area contributed by atoms with E-state index in [1.54, 1.807) is 43.1 Å². The van der Waals surface area contributed by atoms with E-state index in [1.807, 2.05) is 39.0 Å². The molecule has 0 aliphatic carbocycles. The van der Waals surface area contributed by atoms with Gasteiger partial charge in [0.15, 0.2) is 5.89 Å². The van der Waals surface area contributed by atoms with Gasteiger partial charge in [0, 0.05) is 37.0 Å². The summed E-state index contributed by atoms with van der Waals surface area (Å²) in [5.41, 5.74) is 3.89. The average Bonchev–Trinajstić information content (AvgIpc) is 3.20. The normalized spacial score (nSPS) is 11.2. The number of ether oxygens (including phenoxy) is 1. The maximum Gasteiger partial charge on any atom is 0.261 e. The van der Waals surface area contributed by atoms with Gasteiger partial charge in [0.2, 0.25) is 0 Å². The molecule has 164 valence electrons. The van der Waals surface area contributed by atoms with Gasteiger partial charge in [0.25, 0.3) is 5.56 Å². The summed E-state index contributed by atoms with van der Waals surface area (Å²) in [7, 11) is 0. The minimum Gasteiger partial charge on any atom is -0.487 e. The number of aromatic nitrogens is 5. The molecule has 0 unspecified atom stereocenters. The van der Waals surface area contributed by atoms with E-state index in [-0.39, 0.29) is 18.1 Å². The van der Waals surface area contributed by atoms with Gasteiger partial charge in [-0.2, -0.15) is 0 Å². The van der Waals surface area contributed by atoms with Crippen LogP contribution in [0.2, 0.25) is 0 Å². The predicted octanol–water partition coefficient (Wildman–Crippen LogP) is 4.31. The first-order valence-electron chi connectivity index (χ1n) is 10.4. The maximum absolute atomic E-state index is 13.2. The molecule has 0 N–H and O–H groups in total. The molecule has 32 heavy (non-hydrogen) atoms. The van der Waals surface area contributed by atoms with Crippen LogP contribution in [0.15, 0.2) is 52.1 Å². The van der Waals surface area contributed by atoms with Crippen LogP contribution >= 0.6 is 0 Å². The largest absolute Gasteiger partial charge is 0.487 e. The lowest BCUT2D eigenvalue weighted by Crippen LogP contribution is -2.23. The molecule has 4 aromatic rings. The van der Waals surface area contributed by atoms with Crippen molar-refractivity contribution in [3.63, 3.8) is 0 Å². The topological polar surface area (TPSA) is 95.9 Å². The fourth-order valence-electron chi connectivity index (χ4n) is 3.39. The van der Waals surface area contributed by atoms with Crippen molar-refractivity contribution in [3.8, 4) is 22.8 Å². The summed E-state index contributed by atoms with van der Waals surface area (Å²) in [5, 5.41) is 0. The first kappa shape index (κ1) is 21.4. The predicted molar refractivity (Wildman–Crippen MR) is 120 cm³/mol. The Balaban J connectivity index is 1.68. The zero-order chi connectivity index (χ0) is 22.8. The van der Waals surface area contributed by atoms with Gasteiger partial charge in [-0.3, -0.25) is 14.3 Å². The molecular formula is C24H25N5O3. The van der Waals surface area contributed by atoms with Gasteiger partial charge >= 0.3 is 0 Å². The summed E-state index contributed by atoms with van der Waals surface area (Å²) >= 11 is 0. The van der Waals surface area contributed by atoms with Crippen molar-refractivity contribution >= 4 is 0 Å². The molecule has 0 radical (unpaired) electrons. The van der Waals surface area contributed by atoms with E-state index in [2.05, 4.69) is 19.9 Å². The number of hydrogen-bond donors (Lipinski definition) is 0. The Hall–Kier alpha value is -3.81. The van der Waals surface area contributed by atoms with Gasteiger partial charge in [-0.1, -0.05) is 13.8 Å². The minimum atomic E-state index is -0.154. The van der Waals surface area contributed by atoms with Gasteiger partial charge in [-0.05, 0) is 32.0 Å². The number of rotatable bonds is 6. The Bertz CT molecular complexity index is 1320. The molecule has 0 fully saturated rings. The summed E-state index contributed by atoms with van der Waals surface area (Å²) in [4.78, 5) is 30.8. The van der Waals surface area contributed by atoms with Gasteiger partial charge in [-0.25, -0.2) is 15.0 Å². The monoisotopic (exact) mass is 431 g/mol. The van der Waals surface area contributed by atoms with Crippen LogP contribution in [0.1, 0.15) is 48.4 Å². The third kappa shape index (κ3) is 4.30. The molecule has 0 atom stereocenters. The molecule has 0 spiro atoms. The van der Waals surface area contributed by atoms with Crippen LogP contribution in [-0.2, 0) is 6.61 Å². The van der Waals surface area contributed by atoms with Crippen LogP contribution in [-0.4, -0.2) is 24.5 Å². The Morgan fingerprint density at radius 2 is 1.81 bits per heavy atom. The second-order valence-corrected chi connectivity index (χ2v) is 7.92. The van der Waals surface area contributed by atoms with Gasteiger partial charge in [0.1, 0.15) is 30.1 Å². The van der Waals surface area contributed by atoms with Crippen LogP contribution in [0.5, 0.6) is 5.75 Å². The summed E-state index contributed by atoms with van der Waals surface area (Å²) in [5.74, 6) is 2.06. The van der Waals surface area contributed by atoms with Crippen molar-refractivity contribution in [2.45, 2.75) is 47.1 Å². The highest BCUT2D eigenvalue weighted by atomic mass is 16.5. The molecule has 4 heterocycles. The molecule has 4 rings (SSSR count). The molecule has 0 amide bonds. The number of nitrogens with zero attached hydrogens (tertiary/aromatic N) is 5. The van der Waals surface area contributed by atoms with Crippen molar-refractivity contribution < 1.29 is 9.15 Å². The Morgan fingerprint density at radius 3 is 2.53 bits per heavy atom. The van der Waals surface area contributed by atoms with Crippen molar-refractivity contribution in [3.05, 3.63) is 81.9 Å². The van der Waals surface area contributed by atoms with Crippen LogP contribution in [0, 0.1) is 20.8 Å². The van der Waals surface area contributed by atoms with E-state index in [9.17, 15) is 4.79 Å². The Kier molecular flexibility index (Phi) is 5.85. The van der Waals surface area contributed by atoms with Crippen molar-refractivity contribution in [1.29, 1.82) is 0 Å². The average molecular weight is 431 g/mol. The summed E-state index contributed by atoms with van der Waals surface area (Å²) in [6.07, 6.45) is 4.96. The second kappa shape index (κ2) is 8.74. The molecule has 0 saturated heterocycles. The fraction of sp³-hybridized carbons (Fsp3) is 0.292. The van der Waals surface area contributed by atoms with E-state index in [4.69, 9.17) is 9.15 Å². The first-order chi connectivity index (χ1) is 15.3. The summed E-state index contributed by atoms with van der Waals surface area (Å²) in [6, 6.07) is 7.34. The van der Waals surface area contributed by atoms with E-state index in [1.165, 1.54) is 0 Å². The zero-order valence-electron chi connectivity index (χ0n) is 18.8. The Morgan fingerprint density at radius 1 is 1.03 bits per heavy atom. The first-order valence-corrected chi connectivity index (χ1v) is 10.4.